The number of halogens is 2. The van der Waals surface area contributed by atoms with Crippen molar-refractivity contribution in [2.45, 2.75) is 65.7 Å². The summed E-state index contributed by atoms with van der Waals surface area (Å²) in [6, 6.07) is 74.9. The monoisotopic (exact) mass is 1200 g/mol. The Hall–Kier alpha value is -8.34. The number of rotatable bonds is 11. The molecule has 0 amide bonds. The summed E-state index contributed by atoms with van der Waals surface area (Å²) >= 11 is 0. The second-order valence-corrected chi connectivity index (χ2v) is 21.5. The van der Waals surface area contributed by atoms with Crippen LogP contribution >= 0.6 is 0 Å². The average Bonchev–Trinajstić information content (AvgIpc) is 4.05. The molecule has 0 saturated heterocycles. The van der Waals surface area contributed by atoms with Crippen molar-refractivity contribution < 1.29 is 34.6 Å². The van der Waals surface area contributed by atoms with E-state index in [1.807, 2.05) is 47.2 Å². The largest absolute Gasteiger partial charge is 2.00 e. The van der Waals surface area contributed by atoms with Crippen molar-refractivity contribution in [3.63, 3.8) is 0 Å². The minimum Gasteiger partial charge on any atom is -0.509 e. The Bertz CT molecular complexity index is 4070. The number of hydrogen-bond donors (Lipinski definition) is 0. The number of hydrogen-bond acceptors (Lipinski definition) is 2. The van der Waals surface area contributed by atoms with Gasteiger partial charge >= 0.3 is 27.1 Å². The second-order valence-electron chi connectivity index (χ2n) is 21.5. The van der Waals surface area contributed by atoms with E-state index in [-0.39, 0.29) is 50.0 Å². The predicted octanol–water partition coefficient (Wildman–Crippen LogP) is 18.9. The molecule has 0 N–H and O–H groups in total. The molecule has 8 heteroatoms. The maximum absolute atomic E-state index is 14.5. The maximum atomic E-state index is 14.5. The minimum atomic E-state index is -0.326. The number of fused-ring (bicyclic) bond motifs is 4. The number of nitrogens with zero attached hydrogens (tertiary/aromatic N) is 4. The van der Waals surface area contributed by atoms with Crippen molar-refractivity contribution in [3.05, 3.63) is 241 Å². The van der Waals surface area contributed by atoms with E-state index in [0.717, 1.165) is 83.6 Å². The fourth-order valence-corrected chi connectivity index (χ4v) is 10.8. The zero-order chi connectivity index (χ0) is 53.1. The summed E-state index contributed by atoms with van der Waals surface area (Å²) in [4.78, 5) is 4.93. The SMILES string of the molecule is CC(C)c1cc(-c2ccccc2)cc(C(C)C)c1-c1cc(Oc2[c-]c3c(cc2)c2ccccc2n3-c2cc(C(C)(C)C)ccn2)[c-]c([N+]2=C=[N+](c3c(-c4ccc(F)cc4)cccc3-c3ccc(F)cc3)c3ccccc32)c1.[Pt+2]. The van der Waals surface area contributed by atoms with Crippen LogP contribution in [0.2, 0.25) is 0 Å². The van der Waals surface area contributed by atoms with Crippen molar-refractivity contribution in [1.82, 2.24) is 18.7 Å². The topological polar surface area (TPSA) is 33.1 Å². The van der Waals surface area contributed by atoms with Crippen LogP contribution in [0, 0.1) is 23.8 Å². The molecule has 1 aliphatic heterocycles. The first kappa shape index (κ1) is 51.7. The fraction of sp³-hybridized carbons (Fsp3) is 0.143. The van der Waals surface area contributed by atoms with Gasteiger partial charge in [0, 0.05) is 35.3 Å². The smallest absolute Gasteiger partial charge is 0.509 e. The Kier molecular flexibility index (Phi) is 13.9. The van der Waals surface area contributed by atoms with E-state index in [0.29, 0.717) is 17.2 Å². The van der Waals surface area contributed by atoms with Gasteiger partial charge in [0.2, 0.25) is 5.69 Å². The molecule has 0 radical (unpaired) electrons. The molecule has 2 aromatic heterocycles. The first-order valence-electron chi connectivity index (χ1n) is 26.3. The molecule has 0 bridgehead atoms. The molecule has 0 aliphatic carbocycles. The Morgan fingerprint density at radius 1 is 0.538 bits per heavy atom. The van der Waals surface area contributed by atoms with Crippen molar-refractivity contribution in [2.24, 2.45) is 0 Å². The van der Waals surface area contributed by atoms with Gasteiger partial charge in [0.25, 0.3) is 11.4 Å². The van der Waals surface area contributed by atoms with Gasteiger partial charge in [0.1, 0.15) is 23.1 Å². The van der Waals surface area contributed by atoms with Gasteiger partial charge < -0.3 is 9.30 Å². The summed E-state index contributed by atoms with van der Waals surface area (Å²) < 4.78 is 42.5. The molecule has 0 saturated carbocycles. The van der Waals surface area contributed by atoms with Gasteiger partial charge in [-0.05, 0) is 126 Å². The molecule has 11 aromatic rings. The van der Waals surface area contributed by atoms with Gasteiger partial charge in [0.15, 0.2) is 0 Å². The Labute approximate surface area is 469 Å². The van der Waals surface area contributed by atoms with Crippen LogP contribution in [0.5, 0.6) is 11.5 Å². The summed E-state index contributed by atoms with van der Waals surface area (Å²) in [5, 5.41) is 2.13. The Morgan fingerprint density at radius 2 is 1.14 bits per heavy atom. The van der Waals surface area contributed by atoms with E-state index in [4.69, 9.17) is 9.72 Å². The molecule has 9 aromatic carbocycles. The van der Waals surface area contributed by atoms with Crippen LogP contribution in [0.15, 0.2) is 200 Å². The van der Waals surface area contributed by atoms with Crippen LogP contribution in [-0.2, 0) is 26.5 Å². The molecule has 3 heterocycles. The van der Waals surface area contributed by atoms with Crippen LogP contribution in [0.25, 0.3) is 72.1 Å². The summed E-state index contributed by atoms with van der Waals surface area (Å²) in [6.45, 7) is 15.7. The first-order chi connectivity index (χ1) is 37.3. The molecule has 1 aliphatic rings. The van der Waals surface area contributed by atoms with E-state index >= 15 is 0 Å². The predicted molar refractivity (Wildman–Crippen MR) is 312 cm³/mol. The van der Waals surface area contributed by atoms with E-state index in [1.54, 1.807) is 24.3 Å². The van der Waals surface area contributed by atoms with Gasteiger partial charge in [-0.3, -0.25) is 0 Å². The normalized spacial score (nSPS) is 12.2. The van der Waals surface area contributed by atoms with E-state index in [2.05, 4.69) is 185 Å². The number of para-hydroxylation sites is 4. The van der Waals surface area contributed by atoms with Gasteiger partial charge in [-0.1, -0.05) is 174 Å². The summed E-state index contributed by atoms with van der Waals surface area (Å²) in [5.74, 6) is 1.51. The number of aromatic nitrogens is 2. The Balaban J connectivity index is 0.00000645. The van der Waals surface area contributed by atoms with Gasteiger partial charge in [-0.25, -0.2) is 13.8 Å². The molecular formula is C70H56F2N4OPt+2. The number of ether oxygens (including phenoxy) is 1. The van der Waals surface area contributed by atoms with Gasteiger partial charge in [-0.15, -0.1) is 29.1 Å². The van der Waals surface area contributed by atoms with Crippen molar-refractivity contribution in [3.8, 4) is 61.8 Å². The molecular weight excluding hydrogens is 1150 g/mol. The van der Waals surface area contributed by atoms with Crippen LogP contribution in [0.3, 0.4) is 0 Å². The van der Waals surface area contributed by atoms with Crippen LogP contribution in [-0.4, -0.2) is 15.6 Å². The van der Waals surface area contributed by atoms with E-state index in [1.165, 1.54) is 46.5 Å². The second kappa shape index (κ2) is 20.9. The molecule has 0 spiro atoms. The molecule has 78 heavy (non-hydrogen) atoms. The zero-order valence-corrected chi connectivity index (χ0v) is 46.7. The zero-order valence-electron chi connectivity index (χ0n) is 44.5. The van der Waals surface area contributed by atoms with Crippen LogP contribution in [0.1, 0.15) is 77.0 Å². The molecule has 384 valence electrons. The molecule has 12 rings (SSSR count). The van der Waals surface area contributed by atoms with E-state index < -0.39 is 0 Å². The quantitative estimate of drug-likeness (QED) is 0.0955. The molecule has 5 nitrogen and oxygen atoms in total. The van der Waals surface area contributed by atoms with Gasteiger partial charge in [0.05, 0.1) is 11.1 Å². The third kappa shape index (κ3) is 9.63. The van der Waals surface area contributed by atoms with Crippen LogP contribution in [0.4, 0.5) is 31.5 Å². The first-order valence-corrected chi connectivity index (χ1v) is 26.3. The van der Waals surface area contributed by atoms with Crippen molar-refractivity contribution in [2.75, 3.05) is 0 Å². The minimum absolute atomic E-state index is 0. The summed E-state index contributed by atoms with van der Waals surface area (Å²) in [6.07, 6.45) is 1.89. The van der Waals surface area contributed by atoms with Gasteiger partial charge in [-0.2, -0.15) is 6.07 Å². The third-order valence-electron chi connectivity index (χ3n) is 14.7. The average molecular weight is 1200 g/mol. The third-order valence-corrected chi connectivity index (χ3v) is 14.7. The van der Waals surface area contributed by atoms with E-state index in [9.17, 15) is 8.78 Å². The number of pyridine rings is 1. The summed E-state index contributed by atoms with van der Waals surface area (Å²) in [5.41, 5.74) is 16.4. The number of benzene rings is 9. The fourth-order valence-electron chi connectivity index (χ4n) is 10.8. The molecule has 0 atom stereocenters. The Morgan fingerprint density at radius 3 is 1.77 bits per heavy atom. The standard InChI is InChI=1S/C70H56F2N4O.Pt/c1-44(2)61-38-49(46-16-9-8-10-17-46)39-62(45(3)4)68(61)50-36-54(41-56(37-50)77-55-32-33-60-59-18-11-12-21-63(59)76(66(60)42-55)67-40-51(34-35-73-67)70(5,6)7)74-43-75(65-23-14-13-22-64(65)74)69-57(47-24-28-52(71)29-25-47)19-15-20-58(69)48-26-30-53(72)31-27-48;/h8-40,44-45H,1-7H3;/q;+2. The molecule has 0 fully saturated rings. The summed E-state index contributed by atoms with van der Waals surface area (Å²) in [7, 11) is 0. The van der Waals surface area contributed by atoms with Crippen molar-refractivity contribution >= 4 is 50.6 Å². The van der Waals surface area contributed by atoms with Crippen LogP contribution < -0.4 is 13.9 Å². The maximum Gasteiger partial charge on any atom is 2.00 e. The van der Waals surface area contributed by atoms with Crippen molar-refractivity contribution in [1.29, 1.82) is 0 Å². The molecule has 0 unspecified atom stereocenters.